The Morgan fingerprint density at radius 3 is 2.56 bits per heavy atom. The van der Waals surface area contributed by atoms with Crippen LogP contribution in [0.2, 0.25) is 0 Å². The smallest absolute Gasteiger partial charge is 0.229 e. The van der Waals surface area contributed by atoms with Crippen LogP contribution >= 0.6 is 0 Å². The van der Waals surface area contributed by atoms with Crippen molar-refractivity contribution in [2.45, 2.75) is 63.4 Å². The molecule has 1 radical (unpaired) electrons. The molecule has 0 aromatic heterocycles. The minimum absolute atomic E-state index is 0.0880. The molecule has 4 aliphatic rings. The average Bonchev–Trinajstić information content (AvgIpc) is 3.14. The summed E-state index contributed by atoms with van der Waals surface area (Å²) < 4.78 is 11.3. The van der Waals surface area contributed by atoms with Crippen LogP contribution in [-0.2, 0) is 9.47 Å². The zero-order valence-electron chi connectivity index (χ0n) is 10.1. The lowest BCUT2D eigenvalue weighted by Crippen LogP contribution is -2.27. The van der Waals surface area contributed by atoms with Gasteiger partial charge in [-0.2, -0.15) is 0 Å². The van der Waals surface area contributed by atoms with Crippen molar-refractivity contribution in [3.05, 3.63) is 6.42 Å². The lowest BCUT2D eigenvalue weighted by molar-refractivity contribution is -0.0946. The molecule has 2 heterocycles. The molecule has 2 saturated carbocycles. The molecule has 0 aromatic carbocycles. The van der Waals surface area contributed by atoms with Gasteiger partial charge in [-0.15, -0.1) is 0 Å². The van der Waals surface area contributed by atoms with Crippen LogP contribution in [0.1, 0.15) is 51.9 Å². The molecule has 0 bridgehead atoms. The number of hydrogen-bond acceptors (Lipinski definition) is 2. The van der Waals surface area contributed by atoms with Gasteiger partial charge in [0.15, 0.2) is 0 Å². The van der Waals surface area contributed by atoms with Crippen molar-refractivity contribution in [2.24, 2.45) is 17.8 Å². The Kier molecular flexibility index (Phi) is 1.87. The third-order valence-corrected chi connectivity index (χ3v) is 5.42. The van der Waals surface area contributed by atoms with Crippen LogP contribution in [0.3, 0.4) is 0 Å². The highest BCUT2D eigenvalue weighted by Gasteiger charge is 2.91. The van der Waals surface area contributed by atoms with E-state index < -0.39 is 0 Å². The van der Waals surface area contributed by atoms with E-state index in [2.05, 4.69) is 13.3 Å². The summed E-state index contributed by atoms with van der Waals surface area (Å²) in [6.45, 7) is 2.45. The molecule has 16 heavy (non-hydrogen) atoms. The van der Waals surface area contributed by atoms with Gasteiger partial charge in [-0.3, -0.25) is 0 Å². The topological polar surface area (TPSA) is 25.1 Å². The van der Waals surface area contributed by atoms with Crippen molar-refractivity contribution in [1.29, 1.82) is 0 Å². The Balaban J connectivity index is 1.41. The van der Waals surface area contributed by atoms with E-state index in [0.29, 0.717) is 0 Å². The van der Waals surface area contributed by atoms with E-state index >= 15 is 0 Å². The van der Waals surface area contributed by atoms with Gasteiger partial charge in [0.1, 0.15) is 0 Å². The van der Waals surface area contributed by atoms with Crippen molar-refractivity contribution in [3.63, 3.8) is 0 Å². The highest BCUT2D eigenvalue weighted by atomic mass is 17.0. The first-order chi connectivity index (χ1) is 7.75. The van der Waals surface area contributed by atoms with Gasteiger partial charge in [-0.1, -0.05) is 39.0 Å². The van der Waals surface area contributed by atoms with E-state index in [0.717, 1.165) is 30.6 Å². The fraction of sp³-hybridized carbons (Fsp3) is 0.929. The van der Waals surface area contributed by atoms with E-state index in [1.54, 1.807) is 0 Å². The third-order valence-electron chi connectivity index (χ3n) is 5.42. The second-order valence-electron chi connectivity index (χ2n) is 6.27. The van der Waals surface area contributed by atoms with Gasteiger partial charge >= 0.3 is 0 Å². The second kappa shape index (κ2) is 3.02. The highest BCUT2D eigenvalue weighted by molar-refractivity contribution is 5.24. The van der Waals surface area contributed by atoms with Crippen LogP contribution in [-0.4, -0.2) is 11.6 Å². The molecule has 89 valence electrons. The largest absolute Gasteiger partial charge is 0.307 e. The molecular formula is C14H21O2. The molecule has 2 aliphatic carbocycles. The maximum atomic E-state index is 5.66. The van der Waals surface area contributed by atoms with E-state index in [-0.39, 0.29) is 11.6 Å². The SMILES string of the molecule is CC(C1[CH]CC23OC2(C1)O3)C1CCCCC1. The first kappa shape index (κ1) is 9.90. The number of ether oxygens (including phenoxy) is 2. The molecule has 4 rings (SSSR count). The Labute approximate surface area is 97.7 Å². The predicted octanol–water partition coefficient (Wildman–Crippen LogP) is 3.27. The first-order valence-corrected chi connectivity index (χ1v) is 6.98. The molecule has 2 atom stereocenters. The maximum absolute atomic E-state index is 5.66. The van der Waals surface area contributed by atoms with Crippen molar-refractivity contribution in [1.82, 2.24) is 0 Å². The van der Waals surface area contributed by atoms with Gasteiger partial charge in [0.05, 0.1) is 0 Å². The Hall–Kier alpha value is -0.0800. The molecule has 2 unspecified atom stereocenters. The molecule has 2 saturated heterocycles. The molecule has 0 N–H and O–H groups in total. The summed E-state index contributed by atoms with van der Waals surface area (Å²) in [5.41, 5.74) is 0. The summed E-state index contributed by atoms with van der Waals surface area (Å²) in [5.74, 6) is 2.34. The second-order valence-corrected chi connectivity index (χ2v) is 6.27. The van der Waals surface area contributed by atoms with Crippen molar-refractivity contribution in [2.75, 3.05) is 0 Å². The molecule has 2 aliphatic heterocycles. The van der Waals surface area contributed by atoms with Crippen LogP contribution in [0.5, 0.6) is 0 Å². The van der Waals surface area contributed by atoms with E-state index in [9.17, 15) is 0 Å². The lowest BCUT2D eigenvalue weighted by atomic mass is 9.70. The molecule has 4 fully saturated rings. The average molecular weight is 221 g/mol. The maximum Gasteiger partial charge on any atom is 0.229 e. The van der Waals surface area contributed by atoms with Crippen LogP contribution in [0.25, 0.3) is 0 Å². The van der Waals surface area contributed by atoms with Gasteiger partial charge in [-0.25, -0.2) is 0 Å². The highest BCUT2D eigenvalue weighted by Crippen LogP contribution is 2.75. The Bertz CT molecular complexity index is 300. The van der Waals surface area contributed by atoms with Crippen LogP contribution in [0.15, 0.2) is 0 Å². The molecule has 0 spiro atoms. The minimum Gasteiger partial charge on any atom is -0.307 e. The lowest BCUT2D eigenvalue weighted by Gasteiger charge is -2.33. The predicted molar refractivity (Wildman–Crippen MR) is 60.4 cm³/mol. The summed E-state index contributed by atoms with van der Waals surface area (Å²) in [6, 6.07) is 0. The monoisotopic (exact) mass is 221 g/mol. The van der Waals surface area contributed by atoms with E-state index in [1.165, 1.54) is 32.1 Å². The summed E-state index contributed by atoms with van der Waals surface area (Å²) in [6.07, 6.45) is 11.9. The van der Waals surface area contributed by atoms with Crippen molar-refractivity contribution < 1.29 is 9.47 Å². The fourth-order valence-corrected chi connectivity index (χ4v) is 4.08. The zero-order valence-corrected chi connectivity index (χ0v) is 10.1. The van der Waals surface area contributed by atoms with Crippen LogP contribution < -0.4 is 0 Å². The quantitative estimate of drug-likeness (QED) is 0.669. The number of rotatable bonds is 2. The van der Waals surface area contributed by atoms with Crippen LogP contribution in [0, 0.1) is 24.2 Å². The van der Waals surface area contributed by atoms with Gasteiger partial charge in [0, 0.05) is 12.8 Å². The molecule has 0 aromatic rings. The Morgan fingerprint density at radius 2 is 1.88 bits per heavy atom. The van der Waals surface area contributed by atoms with E-state index in [1.807, 2.05) is 0 Å². The minimum atomic E-state index is -0.101. The van der Waals surface area contributed by atoms with Gasteiger partial charge in [0.2, 0.25) is 11.6 Å². The summed E-state index contributed by atoms with van der Waals surface area (Å²) >= 11 is 0. The summed E-state index contributed by atoms with van der Waals surface area (Å²) in [7, 11) is 0. The standard InChI is InChI=1S/C14H21O2/c1-10(11-5-3-2-4-6-11)12-7-8-13-14(9-12,15-13)16-13/h7,10-12H,2-6,8-9H2,1H3. The number of epoxide rings is 2. The molecule has 2 heteroatoms. The van der Waals surface area contributed by atoms with Crippen LogP contribution in [0.4, 0.5) is 0 Å². The van der Waals surface area contributed by atoms with Gasteiger partial charge < -0.3 is 9.47 Å². The summed E-state index contributed by atoms with van der Waals surface area (Å²) in [5, 5.41) is 0. The third kappa shape index (κ3) is 1.20. The van der Waals surface area contributed by atoms with Crippen molar-refractivity contribution in [3.8, 4) is 0 Å². The summed E-state index contributed by atoms with van der Waals surface area (Å²) in [4.78, 5) is 0. The fourth-order valence-electron chi connectivity index (χ4n) is 4.08. The molecule has 2 nitrogen and oxygen atoms in total. The molecule has 0 amide bonds. The van der Waals surface area contributed by atoms with Gasteiger partial charge in [-0.05, 0) is 24.2 Å². The molecular weight excluding hydrogens is 200 g/mol. The van der Waals surface area contributed by atoms with Gasteiger partial charge in [0.25, 0.3) is 0 Å². The van der Waals surface area contributed by atoms with E-state index in [4.69, 9.17) is 9.47 Å². The first-order valence-electron chi connectivity index (χ1n) is 6.98. The normalized spacial score (nSPS) is 52.7. The zero-order chi connectivity index (χ0) is 10.8. The Morgan fingerprint density at radius 1 is 1.12 bits per heavy atom. The number of hydrogen-bond donors (Lipinski definition) is 0. The van der Waals surface area contributed by atoms with Crippen molar-refractivity contribution >= 4 is 0 Å².